The van der Waals surface area contributed by atoms with Crippen LogP contribution in [0.1, 0.15) is 11.4 Å². The van der Waals surface area contributed by atoms with Gasteiger partial charge in [-0.3, -0.25) is 4.79 Å². The van der Waals surface area contributed by atoms with Crippen LogP contribution in [0.5, 0.6) is 0 Å². The van der Waals surface area contributed by atoms with Crippen molar-refractivity contribution in [3.05, 3.63) is 108 Å². The number of aromatic nitrogens is 2. The second-order valence-corrected chi connectivity index (χ2v) is 7.45. The zero-order valence-corrected chi connectivity index (χ0v) is 16.8. The van der Waals surface area contributed by atoms with Crippen LogP contribution in [0.25, 0.3) is 21.8 Å². The molecule has 0 atom stereocenters. The van der Waals surface area contributed by atoms with Gasteiger partial charge < -0.3 is 9.88 Å². The first-order valence-corrected chi connectivity index (χ1v) is 10.1. The molecule has 1 aromatic heterocycles. The highest BCUT2D eigenvalue weighted by atomic mass is 19.1. The van der Waals surface area contributed by atoms with Gasteiger partial charge in [0.1, 0.15) is 18.2 Å². The Kier molecular flexibility index (Phi) is 4.92. The van der Waals surface area contributed by atoms with Gasteiger partial charge in [-0.25, -0.2) is 9.37 Å². The zero-order valence-electron chi connectivity index (χ0n) is 16.8. The van der Waals surface area contributed by atoms with Crippen LogP contribution in [-0.4, -0.2) is 15.5 Å². The summed E-state index contributed by atoms with van der Waals surface area (Å²) in [4.78, 5) is 17.6. The Morgan fingerprint density at radius 2 is 1.61 bits per heavy atom. The van der Waals surface area contributed by atoms with Gasteiger partial charge in [0.25, 0.3) is 0 Å². The molecule has 4 nitrogen and oxygen atoms in total. The molecule has 0 spiro atoms. The lowest BCUT2D eigenvalue weighted by Crippen LogP contribution is -2.21. The monoisotopic (exact) mass is 409 g/mol. The highest BCUT2D eigenvalue weighted by molar-refractivity contribution is 5.92. The molecular formula is C26H20FN3O. The third kappa shape index (κ3) is 3.78. The van der Waals surface area contributed by atoms with Gasteiger partial charge in [0.2, 0.25) is 5.91 Å². The van der Waals surface area contributed by atoms with Crippen LogP contribution >= 0.6 is 0 Å². The normalized spacial score (nSPS) is 11.1. The number of para-hydroxylation sites is 3. The van der Waals surface area contributed by atoms with Crippen LogP contribution in [0, 0.1) is 5.82 Å². The van der Waals surface area contributed by atoms with Crippen molar-refractivity contribution in [1.82, 2.24) is 9.55 Å². The molecule has 0 aliphatic heterocycles. The van der Waals surface area contributed by atoms with Crippen molar-refractivity contribution >= 4 is 33.4 Å². The molecule has 5 heteroatoms. The maximum absolute atomic E-state index is 14.0. The summed E-state index contributed by atoms with van der Waals surface area (Å²) in [6.45, 7) is 0.0505. The predicted molar refractivity (Wildman–Crippen MR) is 122 cm³/mol. The molecule has 31 heavy (non-hydrogen) atoms. The number of nitrogens with one attached hydrogen (secondary N) is 1. The van der Waals surface area contributed by atoms with Crippen LogP contribution in [0.4, 0.5) is 10.1 Å². The summed E-state index contributed by atoms with van der Waals surface area (Å²) >= 11 is 0. The van der Waals surface area contributed by atoms with Gasteiger partial charge in [0.05, 0.1) is 16.7 Å². The number of anilines is 1. The summed E-state index contributed by atoms with van der Waals surface area (Å²) in [7, 11) is 0. The Balaban J connectivity index is 1.51. The maximum atomic E-state index is 14.0. The highest BCUT2D eigenvalue weighted by Crippen LogP contribution is 2.24. The molecule has 0 radical (unpaired) electrons. The molecule has 1 N–H and O–H groups in total. The second kappa shape index (κ2) is 8.03. The summed E-state index contributed by atoms with van der Waals surface area (Å²) in [6.07, 6.45) is 0.586. The van der Waals surface area contributed by atoms with Crippen LogP contribution in [0.3, 0.4) is 0 Å². The Morgan fingerprint density at radius 3 is 2.52 bits per heavy atom. The Labute approximate surface area is 179 Å². The molecule has 152 valence electrons. The van der Waals surface area contributed by atoms with E-state index < -0.39 is 5.82 Å². The number of carbonyl (C=O) groups is 1. The van der Waals surface area contributed by atoms with Crippen molar-refractivity contribution in [2.24, 2.45) is 0 Å². The molecule has 0 unspecified atom stereocenters. The number of imidazole rings is 1. The smallest absolute Gasteiger partial charge is 0.244 e. The predicted octanol–water partition coefficient (Wildman–Crippen LogP) is 5.56. The third-order valence-electron chi connectivity index (χ3n) is 5.41. The van der Waals surface area contributed by atoms with Crippen molar-refractivity contribution in [2.75, 3.05) is 5.32 Å². The van der Waals surface area contributed by atoms with E-state index >= 15 is 0 Å². The summed E-state index contributed by atoms with van der Waals surface area (Å²) < 4.78 is 15.9. The molecule has 0 fully saturated rings. The van der Waals surface area contributed by atoms with Crippen molar-refractivity contribution in [3.63, 3.8) is 0 Å². The molecule has 0 saturated carbocycles. The largest absolute Gasteiger partial charge is 0.322 e. The number of halogens is 1. The van der Waals surface area contributed by atoms with Crippen molar-refractivity contribution < 1.29 is 9.18 Å². The van der Waals surface area contributed by atoms with E-state index in [1.807, 2.05) is 47.0 Å². The lowest BCUT2D eigenvalue weighted by atomic mass is 10.0. The third-order valence-corrected chi connectivity index (χ3v) is 5.41. The van der Waals surface area contributed by atoms with Crippen molar-refractivity contribution in [3.8, 4) is 0 Å². The summed E-state index contributed by atoms with van der Waals surface area (Å²) in [5.74, 6) is 0.0379. The lowest BCUT2D eigenvalue weighted by Gasteiger charge is -2.12. The van der Waals surface area contributed by atoms with Crippen LogP contribution < -0.4 is 5.32 Å². The quantitative estimate of drug-likeness (QED) is 0.413. The van der Waals surface area contributed by atoms with Gasteiger partial charge in [-0.1, -0.05) is 66.7 Å². The van der Waals surface area contributed by atoms with E-state index in [4.69, 9.17) is 4.98 Å². The number of fused-ring (bicyclic) bond motifs is 2. The van der Waals surface area contributed by atoms with Crippen LogP contribution in [-0.2, 0) is 17.8 Å². The van der Waals surface area contributed by atoms with E-state index in [9.17, 15) is 9.18 Å². The van der Waals surface area contributed by atoms with Crippen molar-refractivity contribution in [1.29, 1.82) is 0 Å². The molecule has 0 aliphatic carbocycles. The standard InChI is InChI=1S/C26H20FN3O/c27-21-12-3-4-13-22(21)29-26(31)17-30-24-15-6-5-14-23(24)28-25(30)16-19-10-7-9-18-8-1-2-11-20(18)19/h1-15H,16-17H2,(H,29,31). The average Bonchev–Trinajstić information content (AvgIpc) is 3.12. The van der Waals surface area contributed by atoms with E-state index in [0.29, 0.717) is 6.42 Å². The molecule has 1 amide bonds. The minimum absolute atomic E-state index is 0.0505. The Bertz CT molecular complexity index is 1400. The molecular weight excluding hydrogens is 389 g/mol. The van der Waals surface area contributed by atoms with E-state index in [0.717, 1.165) is 22.4 Å². The van der Waals surface area contributed by atoms with Crippen LogP contribution in [0.2, 0.25) is 0 Å². The van der Waals surface area contributed by atoms with Gasteiger partial charge in [0.15, 0.2) is 0 Å². The number of hydrogen-bond acceptors (Lipinski definition) is 2. The molecule has 1 heterocycles. The summed E-state index contributed by atoms with van der Waals surface area (Å²) in [5.41, 5.74) is 3.02. The average molecular weight is 409 g/mol. The van der Waals surface area contributed by atoms with Gasteiger partial charge >= 0.3 is 0 Å². The Morgan fingerprint density at radius 1 is 0.871 bits per heavy atom. The SMILES string of the molecule is O=C(Cn1c(Cc2cccc3ccccc23)nc2ccccc21)Nc1ccccc1F. The number of rotatable bonds is 5. The lowest BCUT2D eigenvalue weighted by molar-refractivity contribution is -0.116. The first kappa shape index (κ1) is 19.0. The molecule has 0 aliphatic rings. The minimum atomic E-state index is -0.456. The first-order chi connectivity index (χ1) is 15.2. The number of carbonyl (C=O) groups excluding carboxylic acids is 1. The van der Waals surface area contributed by atoms with Gasteiger partial charge in [-0.05, 0) is 40.6 Å². The second-order valence-electron chi connectivity index (χ2n) is 7.45. The first-order valence-electron chi connectivity index (χ1n) is 10.1. The van der Waals surface area contributed by atoms with Crippen molar-refractivity contribution in [2.45, 2.75) is 13.0 Å². The fraction of sp³-hybridized carbons (Fsp3) is 0.0769. The molecule has 5 aromatic rings. The Hall–Kier alpha value is -3.99. The van der Waals surface area contributed by atoms with Gasteiger partial charge in [-0.2, -0.15) is 0 Å². The van der Waals surface area contributed by atoms with E-state index in [-0.39, 0.29) is 18.1 Å². The molecule has 4 aromatic carbocycles. The van der Waals surface area contributed by atoms with Crippen LogP contribution in [0.15, 0.2) is 91.0 Å². The number of benzene rings is 4. The number of hydrogen-bond donors (Lipinski definition) is 1. The van der Waals surface area contributed by atoms with E-state index in [1.54, 1.807) is 18.2 Å². The fourth-order valence-corrected chi connectivity index (χ4v) is 3.95. The van der Waals surface area contributed by atoms with E-state index in [2.05, 4.69) is 29.6 Å². The highest BCUT2D eigenvalue weighted by Gasteiger charge is 2.16. The minimum Gasteiger partial charge on any atom is -0.322 e. The van der Waals surface area contributed by atoms with Gasteiger partial charge in [-0.15, -0.1) is 0 Å². The molecule has 0 saturated heterocycles. The van der Waals surface area contributed by atoms with E-state index in [1.165, 1.54) is 16.8 Å². The fourth-order valence-electron chi connectivity index (χ4n) is 3.95. The summed E-state index contributed by atoms with van der Waals surface area (Å²) in [5, 5.41) is 5.00. The molecule has 0 bridgehead atoms. The topological polar surface area (TPSA) is 46.9 Å². The molecule has 5 rings (SSSR count). The number of amides is 1. The van der Waals surface area contributed by atoms with Gasteiger partial charge in [0, 0.05) is 6.42 Å². The number of nitrogens with zero attached hydrogens (tertiary/aromatic N) is 2. The maximum Gasteiger partial charge on any atom is 0.244 e. The summed E-state index contributed by atoms with van der Waals surface area (Å²) in [6, 6.07) is 28.4. The zero-order chi connectivity index (χ0) is 21.2.